The largest absolute Gasteiger partial charge is 0.481 e. The number of hydrogen-bond acceptors (Lipinski definition) is 4. The Hall–Kier alpha value is -2.38. The topological polar surface area (TPSA) is 98.5 Å². The number of rotatable bonds is 5. The fourth-order valence-electron chi connectivity index (χ4n) is 2.05. The SMILES string of the molecule is Cc1ccc(C)c(OC(C)C(=O)Nc2ccc(S(N)(=O)=O)cc2)c1. The van der Waals surface area contributed by atoms with Crippen LogP contribution in [-0.2, 0) is 14.8 Å². The molecule has 0 heterocycles. The minimum Gasteiger partial charge on any atom is -0.481 e. The van der Waals surface area contributed by atoms with Crippen molar-refractivity contribution in [1.82, 2.24) is 0 Å². The van der Waals surface area contributed by atoms with Gasteiger partial charge in [0.15, 0.2) is 6.10 Å². The first kappa shape index (κ1) is 18.0. The predicted octanol–water partition coefficient (Wildman–Crippen LogP) is 2.36. The molecule has 3 N–H and O–H groups in total. The van der Waals surface area contributed by atoms with Crippen molar-refractivity contribution in [2.24, 2.45) is 5.14 Å². The molecule has 128 valence electrons. The number of nitrogens with two attached hydrogens (primary N) is 1. The van der Waals surface area contributed by atoms with E-state index in [1.54, 1.807) is 6.92 Å². The van der Waals surface area contributed by atoms with Gasteiger partial charge in [0.25, 0.3) is 5.91 Å². The Morgan fingerprint density at radius 1 is 1.12 bits per heavy atom. The fourth-order valence-corrected chi connectivity index (χ4v) is 2.57. The molecule has 2 aromatic rings. The molecule has 0 aliphatic heterocycles. The molecule has 0 aromatic heterocycles. The van der Waals surface area contributed by atoms with Gasteiger partial charge in [-0.25, -0.2) is 13.6 Å². The minimum absolute atomic E-state index is 0.0137. The maximum Gasteiger partial charge on any atom is 0.265 e. The van der Waals surface area contributed by atoms with Gasteiger partial charge in [0.1, 0.15) is 5.75 Å². The van der Waals surface area contributed by atoms with Crippen molar-refractivity contribution in [3.05, 3.63) is 53.6 Å². The zero-order valence-corrected chi connectivity index (χ0v) is 14.6. The van der Waals surface area contributed by atoms with E-state index in [9.17, 15) is 13.2 Å². The number of anilines is 1. The van der Waals surface area contributed by atoms with Crippen LogP contribution >= 0.6 is 0 Å². The lowest BCUT2D eigenvalue weighted by atomic mass is 10.1. The van der Waals surface area contributed by atoms with Gasteiger partial charge in [-0.15, -0.1) is 0 Å². The second-order valence-corrected chi connectivity index (χ2v) is 7.15. The summed E-state index contributed by atoms with van der Waals surface area (Å²) in [5, 5.41) is 7.71. The molecule has 1 atom stereocenters. The molecule has 0 bridgehead atoms. The van der Waals surface area contributed by atoms with Crippen LogP contribution in [0.1, 0.15) is 18.1 Å². The normalized spacial score (nSPS) is 12.5. The lowest BCUT2D eigenvalue weighted by Gasteiger charge is -2.17. The molecular formula is C17H20N2O4S. The Morgan fingerprint density at radius 2 is 1.75 bits per heavy atom. The van der Waals surface area contributed by atoms with E-state index in [1.165, 1.54) is 24.3 Å². The predicted molar refractivity (Wildman–Crippen MR) is 92.5 cm³/mol. The zero-order chi connectivity index (χ0) is 17.9. The first-order valence-electron chi connectivity index (χ1n) is 7.34. The van der Waals surface area contributed by atoms with Crippen LogP contribution in [-0.4, -0.2) is 20.4 Å². The van der Waals surface area contributed by atoms with Gasteiger partial charge >= 0.3 is 0 Å². The van der Waals surface area contributed by atoms with Gasteiger partial charge in [-0.05, 0) is 62.2 Å². The summed E-state index contributed by atoms with van der Waals surface area (Å²) in [7, 11) is -3.75. The number of carbonyl (C=O) groups excluding carboxylic acids is 1. The van der Waals surface area contributed by atoms with Crippen molar-refractivity contribution in [3.63, 3.8) is 0 Å². The molecule has 1 amide bonds. The van der Waals surface area contributed by atoms with E-state index in [0.717, 1.165) is 11.1 Å². The highest BCUT2D eigenvalue weighted by atomic mass is 32.2. The zero-order valence-electron chi connectivity index (χ0n) is 13.7. The summed E-state index contributed by atoms with van der Waals surface area (Å²) in [6.45, 7) is 5.51. The summed E-state index contributed by atoms with van der Waals surface area (Å²) < 4.78 is 28.1. The number of aryl methyl sites for hydroxylation is 2. The summed E-state index contributed by atoms with van der Waals surface area (Å²) in [5.74, 6) is 0.321. The molecule has 1 unspecified atom stereocenters. The second-order valence-electron chi connectivity index (χ2n) is 5.59. The maximum atomic E-state index is 12.2. The average molecular weight is 348 g/mol. The van der Waals surface area contributed by atoms with E-state index < -0.39 is 16.1 Å². The number of sulfonamides is 1. The van der Waals surface area contributed by atoms with Crippen LogP contribution in [0.25, 0.3) is 0 Å². The van der Waals surface area contributed by atoms with E-state index >= 15 is 0 Å². The first-order chi connectivity index (χ1) is 11.2. The van der Waals surface area contributed by atoms with Gasteiger partial charge in [-0.2, -0.15) is 0 Å². The highest BCUT2D eigenvalue weighted by Gasteiger charge is 2.16. The fraction of sp³-hybridized carbons (Fsp3) is 0.235. The number of amides is 1. The second kappa shape index (κ2) is 7.02. The van der Waals surface area contributed by atoms with Crippen molar-refractivity contribution < 1.29 is 17.9 Å². The lowest BCUT2D eigenvalue weighted by Crippen LogP contribution is -2.30. The third kappa shape index (κ3) is 4.56. The van der Waals surface area contributed by atoms with Crippen LogP contribution in [0.2, 0.25) is 0 Å². The third-order valence-corrected chi connectivity index (χ3v) is 4.40. The number of carbonyl (C=O) groups is 1. The standard InChI is InChI=1S/C17H20N2O4S/c1-11-4-5-12(2)16(10-11)23-13(3)17(20)19-14-6-8-15(9-7-14)24(18,21)22/h4-10,13H,1-3H3,(H,19,20)(H2,18,21,22). The highest BCUT2D eigenvalue weighted by Crippen LogP contribution is 2.21. The molecule has 2 aromatic carbocycles. The van der Waals surface area contributed by atoms with Crippen LogP contribution in [0.3, 0.4) is 0 Å². The Kier molecular flexibility index (Phi) is 5.26. The Balaban J connectivity index is 2.05. The Bertz CT molecular complexity index is 845. The average Bonchev–Trinajstić information content (AvgIpc) is 2.50. The van der Waals surface area contributed by atoms with E-state index in [4.69, 9.17) is 9.88 Å². The summed E-state index contributed by atoms with van der Waals surface area (Å²) in [4.78, 5) is 12.2. The molecule has 0 fully saturated rings. The van der Waals surface area contributed by atoms with Gasteiger partial charge in [-0.1, -0.05) is 12.1 Å². The van der Waals surface area contributed by atoms with E-state index in [2.05, 4.69) is 5.32 Å². The van der Waals surface area contributed by atoms with Gasteiger partial charge in [-0.3, -0.25) is 4.79 Å². The van der Waals surface area contributed by atoms with Gasteiger partial charge in [0.2, 0.25) is 10.0 Å². The molecule has 0 saturated carbocycles. The van der Waals surface area contributed by atoms with E-state index in [-0.39, 0.29) is 10.8 Å². The van der Waals surface area contributed by atoms with Crippen molar-refractivity contribution in [2.45, 2.75) is 31.8 Å². The van der Waals surface area contributed by atoms with Crippen LogP contribution in [0.5, 0.6) is 5.75 Å². The van der Waals surface area contributed by atoms with Crippen LogP contribution in [0, 0.1) is 13.8 Å². The smallest absolute Gasteiger partial charge is 0.265 e. The molecule has 7 heteroatoms. The third-order valence-electron chi connectivity index (χ3n) is 3.47. The summed E-state index contributed by atoms with van der Waals surface area (Å²) in [6.07, 6.45) is -0.705. The molecule has 2 rings (SSSR count). The Labute approximate surface area is 141 Å². The van der Waals surface area contributed by atoms with Crippen LogP contribution < -0.4 is 15.2 Å². The minimum atomic E-state index is -3.75. The van der Waals surface area contributed by atoms with Gasteiger partial charge < -0.3 is 10.1 Å². The first-order valence-corrected chi connectivity index (χ1v) is 8.89. The van der Waals surface area contributed by atoms with Crippen molar-refractivity contribution in [3.8, 4) is 5.75 Å². The summed E-state index contributed by atoms with van der Waals surface area (Å²) >= 11 is 0. The molecule has 0 aliphatic carbocycles. The maximum absolute atomic E-state index is 12.2. The number of benzene rings is 2. The molecule has 0 saturated heterocycles. The summed E-state index contributed by atoms with van der Waals surface area (Å²) in [6, 6.07) is 11.4. The van der Waals surface area contributed by atoms with E-state index in [1.807, 2.05) is 32.0 Å². The molecule has 6 nitrogen and oxygen atoms in total. The highest BCUT2D eigenvalue weighted by molar-refractivity contribution is 7.89. The number of ether oxygens (including phenoxy) is 1. The molecule has 0 radical (unpaired) electrons. The lowest BCUT2D eigenvalue weighted by molar-refractivity contribution is -0.122. The quantitative estimate of drug-likeness (QED) is 0.866. The monoisotopic (exact) mass is 348 g/mol. The van der Waals surface area contributed by atoms with Gasteiger partial charge in [0, 0.05) is 5.69 Å². The number of primary sulfonamides is 1. The van der Waals surface area contributed by atoms with Crippen LogP contribution in [0.15, 0.2) is 47.4 Å². The van der Waals surface area contributed by atoms with Crippen LogP contribution in [0.4, 0.5) is 5.69 Å². The number of nitrogens with one attached hydrogen (secondary N) is 1. The number of hydrogen-bond donors (Lipinski definition) is 2. The summed E-state index contributed by atoms with van der Waals surface area (Å²) in [5.41, 5.74) is 2.45. The van der Waals surface area contributed by atoms with E-state index in [0.29, 0.717) is 11.4 Å². The molecule has 0 aliphatic rings. The molecular weight excluding hydrogens is 328 g/mol. The van der Waals surface area contributed by atoms with Gasteiger partial charge in [0.05, 0.1) is 4.90 Å². The van der Waals surface area contributed by atoms with Crippen molar-refractivity contribution >= 4 is 21.6 Å². The van der Waals surface area contributed by atoms with Crippen molar-refractivity contribution in [1.29, 1.82) is 0 Å². The van der Waals surface area contributed by atoms with Crippen molar-refractivity contribution in [2.75, 3.05) is 5.32 Å². The molecule has 0 spiro atoms. The molecule has 24 heavy (non-hydrogen) atoms. The Morgan fingerprint density at radius 3 is 2.33 bits per heavy atom.